The minimum Gasteiger partial charge on any atom is -0.384 e. The molecule has 0 aliphatic rings. The van der Waals surface area contributed by atoms with Crippen molar-refractivity contribution in [2.45, 2.75) is 26.3 Å². The van der Waals surface area contributed by atoms with Crippen LogP contribution < -0.4 is 11.1 Å². The summed E-state index contributed by atoms with van der Waals surface area (Å²) >= 11 is 0. The largest absolute Gasteiger partial charge is 0.384 e. The predicted octanol–water partition coefficient (Wildman–Crippen LogP) is 0.122. The summed E-state index contributed by atoms with van der Waals surface area (Å²) in [6, 6.07) is -0.380. The van der Waals surface area contributed by atoms with Gasteiger partial charge in [0.25, 0.3) is 0 Å². The van der Waals surface area contributed by atoms with Crippen LogP contribution in [0.1, 0.15) is 20.3 Å². The van der Waals surface area contributed by atoms with Gasteiger partial charge in [-0.25, -0.2) is 0 Å². The molecule has 0 fully saturated rings. The SMILES string of the molecule is CCC(N)C(=O)NCC(C)COC. The van der Waals surface area contributed by atoms with Crippen LogP contribution in [0.3, 0.4) is 0 Å². The number of nitrogens with one attached hydrogen (secondary N) is 1. The van der Waals surface area contributed by atoms with E-state index in [0.29, 0.717) is 25.5 Å². The molecule has 0 saturated heterocycles. The third-order valence-corrected chi connectivity index (χ3v) is 1.85. The number of ether oxygens (including phenoxy) is 1. The second kappa shape index (κ2) is 6.86. The summed E-state index contributed by atoms with van der Waals surface area (Å²) in [6.45, 7) is 5.19. The third kappa shape index (κ3) is 5.60. The van der Waals surface area contributed by atoms with Gasteiger partial charge >= 0.3 is 0 Å². The van der Waals surface area contributed by atoms with Crippen LogP contribution in [-0.2, 0) is 9.53 Å². The lowest BCUT2D eigenvalue weighted by molar-refractivity contribution is -0.122. The Morgan fingerprint density at radius 1 is 1.62 bits per heavy atom. The summed E-state index contributed by atoms with van der Waals surface area (Å²) in [7, 11) is 1.65. The van der Waals surface area contributed by atoms with Gasteiger partial charge < -0.3 is 15.8 Å². The lowest BCUT2D eigenvalue weighted by Crippen LogP contribution is -2.42. The Morgan fingerprint density at radius 3 is 2.69 bits per heavy atom. The fraction of sp³-hybridized carbons (Fsp3) is 0.889. The number of carbonyl (C=O) groups excluding carboxylic acids is 1. The molecule has 2 atom stereocenters. The van der Waals surface area contributed by atoms with Crippen molar-refractivity contribution in [1.82, 2.24) is 5.32 Å². The van der Waals surface area contributed by atoms with Crippen LogP contribution in [0.25, 0.3) is 0 Å². The number of rotatable bonds is 6. The van der Waals surface area contributed by atoms with Crippen molar-refractivity contribution in [3.05, 3.63) is 0 Å². The first kappa shape index (κ1) is 12.4. The van der Waals surface area contributed by atoms with Crippen LogP contribution in [-0.4, -0.2) is 32.2 Å². The molecule has 0 aliphatic carbocycles. The average molecular weight is 188 g/mol. The van der Waals surface area contributed by atoms with Crippen molar-refractivity contribution in [3.8, 4) is 0 Å². The molecular weight excluding hydrogens is 168 g/mol. The van der Waals surface area contributed by atoms with Crippen molar-refractivity contribution >= 4 is 5.91 Å². The Balaban J connectivity index is 3.57. The molecular formula is C9H20N2O2. The Hall–Kier alpha value is -0.610. The van der Waals surface area contributed by atoms with E-state index in [2.05, 4.69) is 5.32 Å². The highest BCUT2D eigenvalue weighted by molar-refractivity contribution is 5.81. The molecule has 4 heteroatoms. The van der Waals surface area contributed by atoms with Crippen LogP contribution in [0.2, 0.25) is 0 Å². The Labute approximate surface area is 79.8 Å². The van der Waals surface area contributed by atoms with E-state index in [-0.39, 0.29) is 11.9 Å². The van der Waals surface area contributed by atoms with Gasteiger partial charge in [-0.2, -0.15) is 0 Å². The molecule has 0 aromatic carbocycles. The summed E-state index contributed by atoms with van der Waals surface area (Å²) < 4.78 is 4.94. The smallest absolute Gasteiger partial charge is 0.236 e. The number of methoxy groups -OCH3 is 1. The van der Waals surface area contributed by atoms with E-state index in [1.807, 2.05) is 13.8 Å². The van der Waals surface area contributed by atoms with Crippen molar-refractivity contribution < 1.29 is 9.53 Å². The highest BCUT2D eigenvalue weighted by Gasteiger charge is 2.11. The van der Waals surface area contributed by atoms with Crippen molar-refractivity contribution in [2.24, 2.45) is 11.7 Å². The van der Waals surface area contributed by atoms with Gasteiger partial charge in [0.2, 0.25) is 5.91 Å². The normalized spacial score (nSPS) is 15.1. The van der Waals surface area contributed by atoms with Crippen LogP contribution in [0.15, 0.2) is 0 Å². The second-order valence-corrected chi connectivity index (χ2v) is 3.32. The Morgan fingerprint density at radius 2 is 2.23 bits per heavy atom. The van der Waals surface area contributed by atoms with Crippen LogP contribution >= 0.6 is 0 Å². The number of nitrogens with two attached hydrogens (primary N) is 1. The highest BCUT2D eigenvalue weighted by atomic mass is 16.5. The van der Waals surface area contributed by atoms with Gasteiger partial charge in [0, 0.05) is 13.7 Å². The summed E-state index contributed by atoms with van der Waals surface area (Å²) in [4.78, 5) is 11.2. The van der Waals surface area contributed by atoms with Crippen molar-refractivity contribution in [2.75, 3.05) is 20.3 Å². The summed E-state index contributed by atoms with van der Waals surface area (Å²) in [5.41, 5.74) is 5.53. The van der Waals surface area contributed by atoms with E-state index >= 15 is 0 Å². The summed E-state index contributed by atoms with van der Waals surface area (Å²) in [5, 5.41) is 2.77. The number of hydrogen-bond acceptors (Lipinski definition) is 3. The first-order valence-electron chi connectivity index (χ1n) is 4.64. The molecule has 0 aliphatic heterocycles. The zero-order valence-corrected chi connectivity index (χ0v) is 8.67. The average Bonchev–Trinajstić information content (AvgIpc) is 2.13. The van der Waals surface area contributed by atoms with Crippen LogP contribution in [0.5, 0.6) is 0 Å². The van der Waals surface area contributed by atoms with Crippen molar-refractivity contribution in [1.29, 1.82) is 0 Å². The first-order valence-corrected chi connectivity index (χ1v) is 4.64. The molecule has 13 heavy (non-hydrogen) atoms. The third-order valence-electron chi connectivity index (χ3n) is 1.85. The zero-order valence-electron chi connectivity index (χ0n) is 8.67. The molecule has 0 spiro atoms. The minimum absolute atomic E-state index is 0.0783. The molecule has 78 valence electrons. The molecule has 0 heterocycles. The number of amides is 1. The van der Waals surface area contributed by atoms with Gasteiger partial charge in [0.15, 0.2) is 0 Å². The fourth-order valence-electron chi connectivity index (χ4n) is 0.935. The molecule has 0 radical (unpaired) electrons. The molecule has 4 nitrogen and oxygen atoms in total. The maximum atomic E-state index is 11.2. The molecule has 0 bridgehead atoms. The number of carbonyl (C=O) groups is 1. The monoisotopic (exact) mass is 188 g/mol. The second-order valence-electron chi connectivity index (χ2n) is 3.32. The van der Waals surface area contributed by atoms with Gasteiger partial charge in [0.1, 0.15) is 0 Å². The maximum absolute atomic E-state index is 11.2. The highest BCUT2D eigenvalue weighted by Crippen LogP contribution is 1.93. The van der Waals surface area contributed by atoms with E-state index in [9.17, 15) is 4.79 Å². The van der Waals surface area contributed by atoms with E-state index < -0.39 is 0 Å². The fourth-order valence-corrected chi connectivity index (χ4v) is 0.935. The van der Waals surface area contributed by atoms with Crippen LogP contribution in [0, 0.1) is 5.92 Å². The topological polar surface area (TPSA) is 64.4 Å². The maximum Gasteiger partial charge on any atom is 0.236 e. The molecule has 0 aromatic rings. The molecule has 2 unspecified atom stereocenters. The van der Waals surface area contributed by atoms with Gasteiger partial charge in [-0.3, -0.25) is 4.79 Å². The standard InChI is InChI=1S/C9H20N2O2/c1-4-8(10)9(12)11-5-7(2)6-13-3/h7-8H,4-6,10H2,1-3H3,(H,11,12). The predicted molar refractivity (Wildman–Crippen MR) is 52.3 cm³/mol. The Bertz CT molecular complexity index is 151. The number of hydrogen-bond donors (Lipinski definition) is 2. The quantitative estimate of drug-likeness (QED) is 0.622. The molecule has 0 saturated carbocycles. The van der Waals surface area contributed by atoms with E-state index in [1.165, 1.54) is 0 Å². The van der Waals surface area contributed by atoms with Gasteiger partial charge in [0.05, 0.1) is 12.6 Å². The molecule has 0 rings (SSSR count). The first-order chi connectivity index (χ1) is 6.11. The lowest BCUT2D eigenvalue weighted by Gasteiger charge is -2.13. The van der Waals surface area contributed by atoms with Crippen LogP contribution in [0.4, 0.5) is 0 Å². The minimum atomic E-state index is -0.380. The van der Waals surface area contributed by atoms with Gasteiger partial charge in [-0.15, -0.1) is 0 Å². The molecule has 3 N–H and O–H groups in total. The summed E-state index contributed by atoms with van der Waals surface area (Å²) in [6.07, 6.45) is 0.671. The molecule has 0 aromatic heterocycles. The lowest BCUT2D eigenvalue weighted by atomic mass is 10.2. The van der Waals surface area contributed by atoms with Crippen molar-refractivity contribution in [3.63, 3.8) is 0 Å². The van der Waals surface area contributed by atoms with Gasteiger partial charge in [-0.05, 0) is 12.3 Å². The van der Waals surface area contributed by atoms with E-state index in [1.54, 1.807) is 7.11 Å². The summed E-state index contributed by atoms with van der Waals surface area (Å²) in [5.74, 6) is 0.253. The van der Waals surface area contributed by atoms with E-state index in [4.69, 9.17) is 10.5 Å². The Kier molecular flexibility index (Phi) is 6.54. The molecule has 1 amide bonds. The van der Waals surface area contributed by atoms with Gasteiger partial charge in [-0.1, -0.05) is 13.8 Å². The van der Waals surface area contributed by atoms with E-state index in [0.717, 1.165) is 0 Å². The zero-order chi connectivity index (χ0) is 10.3.